The number of nitrogens with one attached hydrogen (secondary N) is 1. The summed E-state index contributed by atoms with van der Waals surface area (Å²) in [6.45, 7) is 2.32. The van der Waals surface area contributed by atoms with Gasteiger partial charge in [0, 0.05) is 18.7 Å². The summed E-state index contributed by atoms with van der Waals surface area (Å²) in [4.78, 5) is 24.1. The molecule has 2 aromatic rings. The molecule has 0 spiro atoms. The van der Waals surface area contributed by atoms with Gasteiger partial charge >= 0.3 is 6.18 Å². The van der Waals surface area contributed by atoms with Crippen molar-refractivity contribution in [2.75, 3.05) is 25.5 Å². The Bertz CT molecular complexity index is 960. The number of hydrogen-bond acceptors (Lipinski definition) is 5. The molecule has 0 heterocycles. The summed E-state index contributed by atoms with van der Waals surface area (Å²) in [7, 11) is 1.70. The van der Waals surface area contributed by atoms with Crippen molar-refractivity contribution in [2.24, 2.45) is 0 Å². The van der Waals surface area contributed by atoms with Crippen molar-refractivity contribution in [3.05, 3.63) is 62.2 Å². The lowest BCUT2D eigenvalue weighted by Gasteiger charge is -2.19. The number of aryl methyl sites for hydroxylation is 2. The molecule has 0 bridgehead atoms. The Balaban J connectivity index is 1.98. The van der Waals surface area contributed by atoms with E-state index in [9.17, 15) is 28.1 Å². The first-order valence-electron chi connectivity index (χ1n) is 9.07. The zero-order chi connectivity index (χ0) is 23.3. The predicted molar refractivity (Wildman–Crippen MR) is 111 cm³/mol. The number of nitro benzene ring substituents is 1. The molecule has 0 radical (unpaired) electrons. The van der Waals surface area contributed by atoms with Crippen molar-refractivity contribution >= 4 is 28.9 Å². The summed E-state index contributed by atoms with van der Waals surface area (Å²) in [5.74, 6) is -0.189. The van der Waals surface area contributed by atoms with Crippen LogP contribution >= 0.6 is 11.6 Å². The number of nitro groups is 1. The Morgan fingerprint density at radius 1 is 1.23 bits per heavy atom. The third-order valence-electron chi connectivity index (χ3n) is 4.20. The topological polar surface area (TPSA) is 84.7 Å². The first-order chi connectivity index (χ1) is 14.4. The van der Waals surface area contributed by atoms with Gasteiger partial charge in [-0.1, -0.05) is 23.7 Å². The van der Waals surface area contributed by atoms with Crippen LogP contribution in [-0.4, -0.2) is 42.1 Å². The molecule has 11 heteroatoms. The zero-order valence-corrected chi connectivity index (χ0v) is 17.8. The fraction of sp³-hybridized carbons (Fsp3) is 0.350. The SMILES string of the molecule is Cc1cc(CN(C)CC(=O)Nc2ccc([N+](=O)[O-])cc2Cl)cc(C)c1OCC(F)(F)F. The highest BCUT2D eigenvalue weighted by Gasteiger charge is 2.29. The average molecular weight is 460 g/mol. The highest BCUT2D eigenvalue weighted by Crippen LogP contribution is 2.28. The Hall–Kier alpha value is -2.85. The number of carbonyl (C=O) groups excluding carboxylic acids is 1. The Morgan fingerprint density at radius 2 is 1.84 bits per heavy atom. The second-order valence-corrected chi connectivity index (χ2v) is 7.51. The van der Waals surface area contributed by atoms with Crippen LogP contribution in [0.1, 0.15) is 16.7 Å². The van der Waals surface area contributed by atoms with E-state index < -0.39 is 17.7 Å². The van der Waals surface area contributed by atoms with Crippen molar-refractivity contribution in [2.45, 2.75) is 26.6 Å². The van der Waals surface area contributed by atoms with Crippen LogP contribution in [0.15, 0.2) is 30.3 Å². The van der Waals surface area contributed by atoms with Crippen molar-refractivity contribution < 1.29 is 27.6 Å². The van der Waals surface area contributed by atoms with Crippen molar-refractivity contribution in [3.8, 4) is 5.75 Å². The summed E-state index contributed by atoms with van der Waals surface area (Å²) in [6, 6.07) is 7.15. The number of benzene rings is 2. The quantitative estimate of drug-likeness (QED) is 0.449. The molecule has 0 aliphatic rings. The molecular weight excluding hydrogens is 439 g/mol. The maximum absolute atomic E-state index is 12.4. The van der Waals surface area contributed by atoms with Crippen LogP contribution in [0, 0.1) is 24.0 Å². The normalized spacial score (nSPS) is 11.5. The smallest absolute Gasteiger partial charge is 0.422 e. The highest BCUT2D eigenvalue weighted by molar-refractivity contribution is 6.34. The molecule has 0 unspecified atom stereocenters. The predicted octanol–water partition coefficient (Wildman–Crippen LogP) is 4.88. The maximum atomic E-state index is 12.4. The van der Waals surface area contributed by atoms with E-state index in [0.717, 1.165) is 11.6 Å². The molecule has 2 rings (SSSR count). The second kappa shape index (κ2) is 9.97. The Labute approximate surface area is 181 Å². The molecule has 1 amide bonds. The molecule has 0 aliphatic carbocycles. The molecule has 168 valence electrons. The lowest BCUT2D eigenvalue weighted by atomic mass is 10.1. The number of alkyl halides is 3. The molecule has 0 aliphatic heterocycles. The summed E-state index contributed by atoms with van der Waals surface area (Å²) >= 11 is 5.97. The van der Waals surface area contributed by atoms with Crippen LogP contribution in [0.3, 0.4) is 0 Å². The summed E-state index contributed by atoms with van der Waals surface area (Å²) in [5.41, 5.74) is 2.00. The number of likely N-dealkylation sites (N-methyl/N-ethyl adjacent to an activating group) is 1. The Morgan fingerprint density at radius 3 is 2.35 bits per heavy atom. The number of amides is 1. The van der Waals surface area contributed by atoms with Gasteiger partial charge in [-0.3, -0.25) is 19.8 Å². The second-order valence-electron chi connectivity index (χ2n) is 7.10. The average Bonchev–Trinajstić information content (AvgIpc) is 2.61. The standard InChI is InChI=1S/C20H21ClF3N3O4/c1-12-6-14(7-13(2)19(12)31-11-20(22,23)24)9-26(3)10-18(28)25-17-5-4-15(27(29)30)8-16(17)21/h4-8H,9-11H2,1-3H3,(H,25,28). The van der Waals surface area contributed by atoms with Gasteiger partial charge < -0.3 is 10.1 Å². The lowest BCUT2D eigenvalue weighted by Crippen LogP contribution is -2.30. The third-order valence-corrected chi connectivity index (χ3v) is 4.52. The number of ether oxygens (including phenoxy) is 1. The first-order valence-corrected chi connectivity index (χ1v) is 9.45. The minimum Gasteiger partial charge on any atom is -0.484 e. The van der Waals surface area contributed by atoms with E-state index in [-0.39, 0.29) is 34.6 Å². The number of hydrogen-bond donors (Lipinski definition) is 1. The third kappa shape index (κ3) is 7.41. The minimum atomic E-state index is -4.42. The molecule has 0 aromatic heterocycles. The van der Waals surface area contributed by atoms with E-state index >= 15 is 0 Å². The van der Waals surface area contributed by atoms with Gasteiger partial charge in [0.25, 0.3) is 5.69 Å². The molecule has 7 nitrogen and oxygen atoms in total. The molecule has 2 aromatic carbocycles. The van der Waals surface area contributed by atoms with Gasteiger partial charge in [-0.15, -0.1) is 0 Å². The molecule has 0 saturated carbocycles. The van der Waals surface area contributed by atoms with Crippen LogP contribution in [0.25, 0.3) is 0 Å². The van der Waals surface area contributed by atoms with Crippen LogP contribution < -0.4 is 10.1 Å². The molecule has 1 N–H and O–H groups in total. The van der Waals surface area contributed by atoms with Gasteiger partial charge in [0.1, 0.15) is 5.75 Å². The van der Waals surface area contributed by atoms with E-state index in [1.807, 2.05) is 0 Å². The fourth-order valence-electron chi connectivity index (χ4n) is 3.03. The van der Waals surface area contributed by atoms with Gasteiger partial charge in [-0.05, 0) is 43.7 Å². The fourth-order valence-corrected chi connectivity index (χ4v) is 3.26. The molecule has 31 heavy (non-hydrogen) atoms. The highest BCUT2D eigenvalue weighted by atomic mass is 35.5. The van der Waals surface area contributed by atoms with Crippen LogP contribution in [-0.2, 0) is 11.3 Å². The summed E-state index contributed by atoms with van der Waals surface area (Å²) in [5, 5.41) is 13.4. The van der Waals surface area contributed by atoms with Gasteiger partial charge in [0.2, 0.25) is 5.91 Å². The van der Waals surface area contributed by atoms with E-state index in [1.165, 1.54) is 12.1 Å². The van der Waals surface area contributed by atoms with Crippen LogP contribution in [0.2, 0.25) is 5.02 Å². The number of rotatable bonds is 8. The van der Waals surface area contributed by atoms with Gasteiger partial charge in [0.05, 0.1) is 22.2 Å². The van der Waals surface area contributed by atoms with E-state index in [2.05, 4.69) is 5.32 Å². The van der Waals surface area contributed by atoms with Crippen molar-refractivity contribution in [1.29, 1.82) is 0 Å². The molecule has 0 atom stereocenters. The van der Waals surface area contributed by atoms with Gasteiger partial charge in [0.15, 0.2) is 6.61 Å². The minimum absolute atomic E-state index is 0.00225. The number of non-ortho nitro benzene ring substituents is 1. The van der Waals surface area contributed by atoms with Crippen molar-refractivity contribution in [1.82, 2.24) is 4.90 Å². The van der Waals surface area contributed by atoms with Crippen molar-refractivity contribution in [3.63, 3.8) is 0 Å². The van der Waals surface area contributed by atoms with E-state index in [1.54, 1.807) is 37.9 Å². The summed E-state index contributed by atoms with van der Waals surface area (Å²) in [6.07, 6.45) is -4.42. The number of nitrogens with zero attached hydrogens (tertiary/aromatic N) is 2. The number of halogens is 4. The zero-order valence-electron chi connectivity index (χ0n) is 17.0. The summed E-state index contributed by atoms with van der Waals surface area (Å²) < 4.78 is 42.1. The maximum Gasteiger partial charge on any atom is 0.422 e. The molecular formula is C20H21ClF3N3O4. The van der Waals surface area contributed by atoms with E-state index in [4.69, 9.17) is 16.3 Å². The Kier molecular flexibility index (Phi) is 7.85. The van der Waals surface area contributed by atoms with E-state index in [0.29, 0.717) is 17.7 Å². The van der Waals surface area contributed by atoms with Gasteiger partial charge in [-0.2, -0.15) is 13.2 Å². The molecule has 0 saturated heterocycles. The van der Waals surface area contributed by atoms with Crippen LogP contribution in [0.5, 0.6) is 5.75 Å². The number of anilines is 1. The van der Waals surface area contributed by atoms with Gasteiger partial charge in [-0.25, -0.2) is 0 Å². The lowest BCUT2D eigenvalue weighted by molar-refractivity contribution is -0.384. The number of carbonyl (C=O) groups is 1. The largest absolute Gasteiger partial charge is 0.484 e. The first kappa shape index (κ1) is 24.4. The molecule has 0 fully saturated rings. The van der Waals surface area contributed by atoms with Crippen LogP contribution in [0.4, 0.5) is 24.5 Å². The monoisotopic (exact) mass is 459 g/mol.